The normalized spacial score (nSPS) is 20.0. The van der Waals surface area contributed by atoms with E-state index in [1.165, 1.54) is 17.5 Å². The fourth-order valence-corrected chi connectivity index (χ4v) is 4.56. The summed E-state index contributed by atoms with van der Waals surface area (Å²) in [7, 11) is 0. The van der Waals surface area contributed by atoms with E-state index < -0.39 is 0 Å². The lowest BCUT2D eigenvalue weighted by Gasteiger charge is -2.35. The number of rotatable bonds is 2. The molecule has 116 valence electrons. The van der Waals surface area contributed by atoms with Crippen LogP contribution in [-0.2, 0) is 4.79 Å². The highest BCUT2D eigenvalue weighted by Gasteiger charge is 2.29. The first-order valence-electron chi connectivity index (χ1n) is 8.20. The highest BCUT2D eigenvalue weighted by Crippen LogP contribution is 2.30. The number of hydrogen-bond donors (Lipinski definition) is 0. The van der Waals surface area contributed by atoms with Crippen LogP contribution in [0.2, 0.25) is 0 Å². The number of anilines is 1. The number of para-hydroxylation sites is 1. The molecule has 1 aliphatic heterocycles. The van der Waals surface area contributed by atoms with Crippen LogP contribution < -0.4 is 4.90 Å². The van der Waals surface area contributed by atoms with Crippen LogP contribution in [-0.4, -0.2) is 42.0 Å². The highest BCUT2D eigenvalue weighted by molar-refractivity contribution is 7.22. The fourth-order valence-electron chi connectivity index (χ4n) is 3.54. The minimum Gasteiger partial charge on any atom is -0.345 e. The summed E-state index contributed by atoms with van der Waals surface area (Å²) in [5.74, 6) is 0.690. The topological polar surface area (TPSA) is 36.4 Å². The van der Waals surface area contributed by atoms with Gasteiger partial charge in [-0.05, 0) is 25.0 Å². The third kappa shape index (κ3) is 2.58. The number of nitrogens with zero attached hydrogens (tertiary/aromatic N) is 3. The molecule has 0 atom stereocenters. The molecule has 1 saturated heterocycles. The lowest BCUT2D eigenvalue weighted by atomic mass is 10.1. The lowest BCUT2D eigenvalue weighted by molar-refractivity contribution is -0.135. The van der Waals surface area contributed by atoms with Gasteiger partial charge in [0.15, 0.2) is 5.13 Å². The van der Waals surface area contributed by atoms with E-state index in [4.69, 9.17) is 4.98 Å². The SMILES string of the molecule is O=C(C1CCCC1)N1CCN(c2nc3ccccc3s2)CC1. The largest absolute Gasteiger partial charge is 0.345 e. The van der Waals surface area contributed by atoms with Crippen LogP contribution in [0.25, 0.3) is 10.2 Å². The molecule has 22 heavy (non-hydrogen) atoms. The molecule has 2 fully saturated rings. The fraction of sp³-hybridized carbons (Fsp3) is 0.529. The minimum atomic E-state index is 0.300. The number of thiazole rings is 1. The lowest BCUT2D eigenvalue weighted by Crippen LogP contribution is -2.50. The number of amides is 1. The average molecular weight is 315 g/mol. The van der Waals surface area contributed by atoms with E-state index >= 15 is 0 Å². The van der Waals surface area contributed by atoms with Crippen LogP contribution in [0.1, 0.15) is 25.7 Å². The van der Waals surface area contributed by atoms with E-state index in [1.807, 2.05) is 6.07 Å². The van der Waals surface area contributed by atoms with Crippen molar-refractivity contribution in [3.63, 3.8) is 0 Å². The molecule has 2 heterocycles. The molecule has 0 bridgehead atoms. The van der Waals surface area contributed by atoms with Crippen molar-refractivity contribution >= 4 is 32.6 Å². The molecule has 1 aromatic carbocycles. The molecule has 0 spiro atoms. The van der Waals surface area contributed by atoms with Gasteiger partial charge in [-0.1, -0.05) is 36.3 Å². The van der Waals surface area contributed by atoms with Crippen LogP contribution in [0.15, 0.2) is 24.3 Å². The third-order valence-electron chi connectivity index (χ3n) is 4.85. The quantitative estimate of drug-likeness (QED) is 0.854. The zero-order valence-corrected chi connectivity index (χ0v) is 13.5. The first kappa shape index (κ1) is 14.0. The summed E-state index contributed by atoms with van der Waals surface area (Å²) in [4.78, 5) is 21.6. The van der Waals surface area contributed by atoms with E-state index in [1.54, 1.807) is 11.3 Å². The smallest absolute Gasteiger partial charge is 0.225 e. The van der Waals surface area contributed by atoms with Crippen molar-refractivity contribution in [2.45, 2.75) is 25.7 Å². The number of benzene rings is 1. The Hall–Kier alpha value is -1.62. The molecule has 2 aromatic rings. The van der Waals surface area contributed by atoms with Gasteiger partial charge in [0, 0.05) is 32.1 Å². The molecule has 0 unspecified atom stereocenters. The molecule has 4 rings (SSSR count). The van der Waals surface area contributed by atoms with Crippen LogP contribution >= 0.6 is 11.3 Å². The number of carbonyl (C=O) groups excluding carboxylic acids is 1. The predicted octanol–water partition coefficient (Wildman–Crippen LogP) is 3.14. The van der Waals surface area contributed by atoms with Crippen molar-refractivity contribution in [3.8, 4) is 0 Å². The molecule has 1 amide bonds. The van der Waals surface area contributed by atoms with E-state index in [2.05, 4.69) is 28.0 Å². The summed E-state index contributed by atoms with van der Waals surface area (Å²) in [5, 5.41) is 1.09. The highest BCUT2D eigenvalue weighted by atomic mass is 32.1. The molecule has 5 heteroatoms. The van der Waals surface area contributed by atoms with Gasteiger partial charge in [0.05, 0.1) is 10.2 Å². The predicted molar refractivity (Wildman–Crippen MR) is 90.4 cm³/mol. The van der Waals surface area contributed by atoms with E-state index in [0.29, 0.717) is 11.8 Å². The Morgan fingerprint density at radius 2 is 1.82 bits per heavy atom. The summed E-state index contributed by atoms with van der Waals surface area (Å²) in [5.41, 5.74) is 1.08. The van der Waals surface area contributed by atoms with Crippen LogP contribution in [0.5, 0.6) is 0 Å². The Balaban J connectivity index is 1.41. The molecular weight excluding hydrogens is 294 g/mol. The summed E-state index contributed by atoms with van der Waals surface area (Å²) in [6.07, 6.45) is 4.64. The molecule has 2 aliphatic rings. The monoisotopic (exact) mass is 315 g/mol. The van der Waals surface area contributed by atoms with E-state index in [0.717, 1.165) is 49.7 Å². The number of hydrogen-bond acceptors (Lipinski definition) is 4. The Bertz CT molecular complexity index is 636. The number of piperazine rings is 1. The van der Waals surface area contributed by atoms with Crippen molar-refractivity contribution in [2.24, 2.45) is 5.92 Å². The van der Waals surface area contributed by atoms with Gasteiger partial charge in [-0.3, -0.25) is 4.79 Å². The van der Waals surface area contributed by atoms with Crippen LogP contribution in [0.3, 0.4) is 0 Å². The van der Waals surface area contributed by atoms with Crippen molar-refractivity contribution < 1.29 is 4.79 Å². The van der Waals surface area contributed by atoms with Gasteiger partial charge < -0.3 is 9.80 Å². The van der Waals surface area contributed by atoms with Gasteiger partial charge in [-0.2, -0.15) is 0 Å². The van der Waals surface area contributed by atoms with Crippen LogP contribution in [0.4, 0.5) is 5.13 Å². The van der Waals surface area contributed by atoms with Gasteiger partial charge in [-0.15, -0.1) is 0 Å². The number of aromatic nitrogens is 1. The summed E-state index contributed by atoms with van der Waals surface area (Å²) >= 11 is 1.75. The Morgan fingerprint density at radius 1 is 1.09 bits per heavy atom. The van der Waals surface area contributed by atoms with E-state index in [9.17, 15) is 4.79 Å². The summed E-state index contributed by atoms with van der Waals surface area (Å²) < 4.78 is 1.24. The summed E-state index contributed by atoms with van der Waals surface area (Å²) in [6.45, 7) is 3.48. The zero-order chi connectivity index (χ0) is 14.9. The average Bonchev–Trinajstić information content (AvgIpc) is 3.23. The standard InChI is InChI=1S/C17H21N3OS/c21-16(13-5-1-2-6-13)19-9-11-20(12-10-19)17-18-14-7-3-4-8-15(14)22-17/h3-4,7-8,13H,1-2,5-6,9-12H2. The molecular formula is C17H21N3OS. The minimum absolute atomic E-state index is 0.300. The maximum Gasteiger partial charge on any atom is 0.225 e. The molecule has 1 aromatic heterocycles. The maximum atomic E-state index is 12.5. The van der Waals surface area contributed by atoms with Gasteiger partial charge >= 0.3 is 0 Å². The number of carbonyl (C=O) groups is 1. The van der Waals surface area contributed by atoms with Gasteiger partial charge in [0.25, 0.3) is 0 Å². The second-order valence-corrected chi connectivity index (χ2v) is 7.27. The first-order valence-corrected chi connectivity index (χ1v) is 9.02. The van der Waals surface area contributed by atoms with Crippen molar-refractivity contribution in [3.05, 3.63) is 24.3 Å². The third-order valence-corrected chi connectivity index (χ3v) is 5.95. The van der Waals surface area contributed by atoms with Gasteiger partial charge in [-0.25, -0.2) is 4.98 Å². The molecule has 4 nitrogen and oxygen atoms in total. The second kappa shape index (κ2) is 5.88. The van der Waals surface area contributed by atoms with Crippen molar-refractivity contribution in [1.29, 1.82) is 0 Å². The molecule has 1 aliphatic carbocycles. The molecule has 1 saturated carbocycles. The van der Waals surface area contributed by atoms with Gasteiger partial charge in [0.1, 0.15) is 0 Å². The molecule has 0 radical (unpaired) electrons. The first-order chi connectivity index (χ1) is 10.8. The second-order valence-electron chi connectivity index (χ2n) is 6.26. The van der Waals surface area contributed by atoms with Crippen molar-refractivity contribution in [2.75, 3.05) is 31.1 Å². The zero-order valence-electron chi connectivity index (χ0n) is 12.7. The Kier molecular flexibility index (Phi) is 3.74. The van der Waals surface area contributed by atoms with Crippen LogP contribution in [0, 0.1) is 5.92 Å². The Labute approximate surface area is 134 Å². The maximum absolute atomic E-state index is 12.5. The van der Waals surface area contributed by atoms with Gasteiger partial charge in [0.2, 0.25) is 5.91 Å². The number of fused-ring (bicyclic) bond motifs is 1. The van der Waals surface area contributed by atoms with Crippen molar-refractivity contribution in [1.82, 2.24) is 9.88 Å². The molecule has 0 N–H and O–H groups in total. The Morgan fingerprint density at radius 3 is 2.55 bits per heavy atom. The van der Waals surface area contributed by atoms with E-state index in [-0.39, 0.29) is 0 Å². The summed E-state index contributed by atoms with van der Waals surface area (Å²) in [6, 6.07) is 8.28.